The molecule has 0 aliphatic rings. The van der Waals surface area contributed by atoms with Crippen molar-refractivity contribution >= 4 is 40.8 Å². The second kappa shape index (κ2) is 10.3. The quantitative estimate of drug-likeness (QED) is 0.499. The molecule has 1 unspecified atom stereocenters. The highest BCUT2D eigenvalue weighted by atomic mass is 35.5. The molecular formula is C23H20Cl2N2O3. The fraction of sp³-hybridized carbons (Fsp3) is 0.130. The van der Waals surface area contributed by atoms with E-state index >= 15 is 0 Å². The molecule has 1 amide bonds. The van der Waals surface area contributed by atoms with Crippen LogP contribution < -0.4 is 10.6 Å². The van der Waals surface area contributed by atoms with Gasteiger partial charge in [-0.3, -0.25) is 14.9 Å². The van der Waals surface area contributed by atoms with Gasteiger partial charge in [-0.1, -0.05) is 53.5 Å². The Morgan fingerprint density at radius 3 is 2.27 bits per heavy atom. The molecule has 30 heavy (non-hydrogen) atoms. The van der Waals surface area contributed by atoms with E-state index < -0.39 is 12.0 Å². The Morgan fingerprint density at radius 1 is 0.933 bits per heavy atom. The fourth-order valence-corrected chi connectivity index (χ4v) is 3.30. The third-order valence-electron chi connectivity index (χ3n) is 4.49. The number of carbonyl (C=O) groups excluding carboxylic acids is 2. The molecule has 0 bridgehead atoms. The lowest BCUT2D eigenvalue weighted by Crippen LogP contribution is -2.30. The molecule has 0 spiro atoms. The Bertz CT molecular complexity index is 1020. The van der Waals surface area contributed by atoms with Crippen molar-refractivity contribution in [1.29, 1.82) is 0 Å². The average molecular weight is 443 g/mol. The molecule has 2 N–H and O–H groups in total. The number of nitrogens with one attached hydrogen (secondary N) is 2. The van der Waals surface area contributed by atoms with Crippen LogP contribution in [-0.4, -0.2) is 25.5 Å². The number of halogens is 2. The summed E-state index contributed by atoms with van der Waals surface area (Å²) in [5.74, 6) is -0.681. The van der Waals surface area contributed by atoms with Gasteiger partial charge in [-0.2, -0.15) is 0 Å². The van der Waals surface area contributed by atoms with Gasteiger partial charge in [0.15, 0.2) is 0 Å². The van der Waals surface area contributed by atoms with E-state index in [-0.39, 0.29) is 12.5 Å². The van der Waals surface area contributed by atoms with E-state index in [4.69, 9.17) is 27.9 Å². The minimum atomic E-state index is -0.399. The minimum absolute atomic E-state index is 0.00680. The number of anilines is 1. The maximum atomic E-state index is 12.8. The summed E-state index contributed by atoms with van der Waals surface area (Å²) in [6.07, 6.45) is 0. The summed E-state index contributed by atoms with van der Waals surface area (Å²) in [7, 11) is 1.33. The maximum absolute atomic E-state index is 12.8. The second-order valence-corrected chi connectivity index (χ2v) is 7.37. The van der Waals surface area contributed by atoms with Crippen LogP contribution >= 0.6 is 23.2 Å². The first-order chi connectivity index (χ1) is 14.5. The van der Waals surface area contributed by atoms with Crippen LogP contribution in [0.5, 0.6) is 0 Å². The van der Waals surface area contributed by atoms with Crippen molar-refractivity contribution in [2.45, 2.75) is 6.04 Å². The largest absolute Gasteiger partial charge is 0.468 e. The zero-order valence-corrected chi connectivity index (χ0v) is 17.7. The molecule has 1 atom stereocenters. The molecule has 0 fully saturated rings. The number of amides is 1. The van der Waals surface area contributed by atoms with Crippen LogP contribution in [0.25, 0.3) is 0 Å². The topological polar surface area (TPSA) is 67.4 Å². The Kier molecular flexibility index (Phi) is 7.46. The molecule has 0 saturated carbocycles. The fourth-order valence-electron chi connectivity index (χ4n) is 2.99. The van der Waals surface area contributed by atoms with Crippen molar-refractivity contribution in [2.24, 2.45) is 0 Å². The van der Waals surface area contributed by atoms with Gasteiger partial charge < -0.3 is 10.1 Å². The van der Waals surface area contributed by atoms with Crippen LogP contribution in [0.15, 0.2) is 72.8 Å². The molecule has 3 aromatic carbocycles. The molecule has 5 nitrogen and oxygen atoms in total. The number of methoxy groups -OCH3 is 1. The highest BCUT2D eigenvalue weighted by Crippen LogP contribution is 2.31. The van der Waals surface area contributed by atoms with Crippen LogP contribution in [0.1, 0.15) is 27.5 Å². The first-order valence-corrected chi connectivity index (χ1v) is 9.95. The molecule has 3 aromatic rings. The average Bonchev–Trinajstić information content (AvgIpc) is 2.76. The maximum Gasteiger partial charge on any atom is 0.319 e. The van der Waals surface area contributed by atoms with Gasteiger partial charge in [-0.05, 0) is 53.6 Å². The van der Waals surface area contributed by atoms with Crippen molar-refractivity contribution in [3.05, 3.63) is 99.5 Å². The molecule has 0 aromatic heterocycles. The van der Waals surface area contributed by atoms with E-state index in [1.54, 1.807) is 42.5 Å². The third-order valence-corrected chi connectivity index (χ3v) is 4.98. The van der Waals surface area contributed by atoms with Gasteiger partial charge >= 0.3 is 5.97 Å². The molecule has 0 radical (unpaired) electrons. The van der Waals surface area contributed by atoms with Crippen molar-refractivity contribution in [2.75, 3.05) is 19.0 Å². The smallest absolute Gasteiger partial charge is 0.319 e. The molecule has 0 aliphatic carbocycles. The van der Waals surface area contributed by atoms with Gasteiger partial charge in [0, 0.05) is 21.3 Å². The second-order valence-electron chi connectivity index (χ2n) is 6.49. The summed E-state index contributed by atoms with van der Waals surface area (Å²) < 4.78 is 4.75. The molecular weight excluding hydrogens is 423 g/mol. The van der Waals surface area contributed by atoms with Crippen molar-refractivity contribution in [1.82, 2.24) is 5.32 Å². The normalized spacial score (nSPS) is 11.6. The van der Waals surface area contributed by atoms with Crippen molar-refractivity contribution in [3.63, 3.8) is 0 Å². The van der Waals surface area contributed by atoms with E-state index in [9.17, 15) is 9.59 Å². The molecule has 0 heterocycles. The predicted molar refractivity (Wildman–Crippen MR) is 119 cm³/mol. The summed E-state index contributed by atoms with van der Waals surface area (Å²) in [6.45, 7) is -0.00680. The summed E-state index contributed by atoms with van der Waals surface area (Å²) in [6, 6.07) is 21.0. The zero-order valence-electron chi connectivity index (χ0n) is 16.2. The Morgan fingerprint density at radius 2 is 1.60 bits per heavy atom. The van der Waals surface area contributed by atoms with Gasteiger partial charge in [0.1, 0.15) is 0 Å². The Labute approximate surface area is 185 Å². The van der Waals surface area contributed by atoms with Gasteiger partial charge in [0.2, 0.25) is 0 Å². The standard InChI is InChI=1S/C23H20Cl2N2O3/c1-30-21(28)14-26-22(15-5-3-2-4-6-15)19-13-18(25)11-12-20(19)27-23(29)16-7-9-17(24)10-8-16/h2-13,22,26H,14H2,1H3,(H,27,29). The first kappa shape index (κ1) is 21.8. The minimum Gasteiger partial charge on any atom is -0.468 e. The summed E-state index contributed by atoms with van der Waals surface area (Å²) in [5.41, 5.74) is 2.68. The van der Waals surface area contributed by atoms with E-state index in [2.05, 4.69) is 10.6 Å². The van der Waals surface area contributed by atoms with Gasteiger partial charge in [0.05, 0.1) is 19.7 Å². The van der Waals surface area contributed by atoms with Crippen LogP contribution in [0.4, 0.5) is 5.69 Å². The van der Waals surface area contributed by atoms with E-state index in [0.29, 0.717) is 21.3 Å². The lowest BCUT2D eigenvalue weighted by atomic mass is 9.96. The lowest BCUT2D eigenvalue weighted by molar-refractivity contribution is -0.139. The number of hydrogen-bond donors (Lipinski definition) is 2. The Balaban J connectivity index is 1.96. The molecule has 0 aliphatic heterocycles. The number of rotatable bonds is 7. The number of carbonyl (C=O) groups is 2. The molecule has 154 valence electrons. The number of esters is 1. The monoisotopic (exact) mass is 442 g/mol. The van der Waals surface area contributed by atoms with E-state index in [1.807, 2.05) is 30.3 Å². The highest BCUT2D eigenvalue weighted by Gasteiger charge is 2.20. The highest BCUT2D eigenvalue weighted by molar-refractivity contribution is 6.31. The zero-order chi connectivity index (χ0) is 21.5. The van der Waals surface area contributed by atoms with Crippen LogP contribution in [0.2, 0.25) is 10.0 Å². The van der Waals surface area contributed by atoms with Gasteiger partial charge in [-0.15, -0.1) is 0 Å². The van der Waals surface area contributed by atoms with Gasteiger partial charge in [-0.25, -0.2) is 0 Å². The molecule has 7 heteroatoms. The first-order valence-electron chi connectivity index (χ1n) is 9.19. The van der Waals surface area contributed by atoms with E-state index in [0.717, 1.165) is 11.1 Å². The van der Waals surface area contributed by atoms with Crippen molar-refractivity contribution < 1.29 is 14.3 Å². The van der Waals surface area contributed by atoms with Crippen LogP contribution in [0, 0.1) is 0 Å². The van der Waals surface area contributed by atoms with Gasteiger partial charge in [0.25, 0.3) is 5.91 Å². The summed E-state index contributed by atoms with van der Waals surface area (Å²) in [4.78, 5) is 24.5. The molecule has 0 saturated heterocycles. The van der Waals surface area contributed by atoms with E-state index in [1.165, 1.54) is 7.11 Å². The predicted octanol–water partition coefficient (Wildman–Crippen LogP) is 5.10. The summed E-state index contributed by atoms with van der Waals surface area (Å²) in [5, 5.41) is 7.18. The number of ether oxygens (including phenoxy) is 1. The van der Waals surface area contributed by atoms with Crippen LogP contribution in [0.3, 0.4) is 0 Å². The molecule has 3 rings (SSSR count). The van der Waals surface area contributed by atoms with Crippen molar-refractivity contribution in [3.8, 4) is 0 Å². The summed E-state index contributed by atoms with van der Waals surface area (Å²) >= 11 is 12.2. The lowest BCUT2D eigenvalue weighted by Gasteiger charge is -2.23. The van der Waals surface area contributed by atoms with Crippen LogP contribution in [-0.2, 0) is 9.53 Å². The third kappa shape index (κ3) is 5.60. The number of hydrogen-bond acceptors (Lipinski definition) is 4. The Hall–Kier alpha value is -2.86. The number of benzene rings is 3. The SMILES string of the molecule is COC(=O)CNC(c1ccccc1)c1cc(Cl)ccc1NC(=O)c1ccc(Cl)cc1.